The molecule has 7 heteroatoms. The number of amides is 2. The number of aromatic nitrogens is 2. The van der Waals surface area contributed by atoms with Gasteiger partial charge in [-0.3, -0.25) is 14.7 Å². The number of hydrogen-bond acceptors (Lipinski definition) is 4. The van der Waals surface area contributed by atoms with Crippen molar-refractivity contribution in [1.29, 1.82) is 0 Å². The molecule has 2 heterocycles. The lowest BCUT2D eigenvalue weighted by Crippen LogP contribution is -2.70. The van der Waals surface area contributed by atoms with Crippen molar-refractivity contribution in [2.24, 2.45) is 5.92 Å². The molecule has 1 aliphatic heterocycles. The molecule has 1 saturated heterocycles. The zero-order valence-corrected chi connectivity index (χ0v) is 14.6. The maximum atomic E-state index is 12.4. The Hall–Kier alpha value is -1.89. The molecule has 136 valence electrons. The SMILES string of the molecule is CC(=O)N[C@@H]1[C@@H](NC(=O)CCc2n[nH]c3c2CCCC3)[C@H]2CCO[C@H]21. The number of nitrogens with zero attached hydrogens (tertiary/aromatic N) is 1. The van der Waals surface area contributed by atoms with Gasteiger partial charge in [-0.05, 0) is 37.7 Å². The van der Waals surface area contributed by atoms with Gasteiger partial charge >= 0.3 is 0 Å². The summed E-state index contributed by atoms with van der Waals surface area (Å²) in [5, 5.41) is 13.6. The van der Waals surface area contributed by atoms with Gasteiger partial charge in [0.05, 0.1) is 23.9 Å². The Morgan fingerprint density at radius 1 is 1.24 bits per heavy atom. The predicted molar refractivity (Wildman–Crippen MR) is 90.9 cm³/mol. The van der Waals surface area contributed by atoms with Gasteiger partial charge in [0.2, 0.25) is 11.8 Å². The summed E-state index contributed by atoms with van der Waals surface area (Å²) in [7, 11) is 0. The van der Waals surface area contributed by atoms with E-state index in [0.29, 0.717) is 25.4 Å². The van der Waals surface area contributed by atoms with Crippen molar-refractivity contribution < 1.29 is 14.3 Å². The second-order valence-electron chi connectivity index (χ2n) is 7.44. The molecule has 2 fully saturated rings. The van der Waals surface area contributed by atoms with Crippen LogP contribution >= 0.6 is 0 Å². The third kappa shape index (κ3) is 3.17. The van der Waals surface area contributed by atoms with Gasteiger partial charge in [-0.2, -0.15) is 5.10 Å². The van der Waals surface area contributed by atoms with Crippen LogP contribution in [0.25, 0.3) is 0 Å². The van der Waals surface area contributed by atoms with E-state index in [-0.39, 0.29) is 30.0 Å². The van der Waals surface area contributed by atoms with E-state index in [2.05, 4.69) is 20.8 Å². The second-order valence-corrected chi connectivity index (χ2v) is 7.44. The van der Waals surface area contributed by atoms with Crippen LogP contribution in [-0.2, 0) is 33.6 Å². The molecular weight excluding hydrogens is 320 g/mol. The van der Waals surface area contributed by atoms with Gasteiger partial charge in [0, 0.05) is 38.0 Å². The maximum Gasteiger partial charge on any atom is 0.220 e. The summed E-state index contributed by atoms with van der Waals surface area (Å²) in [6.07, 6.45) is 6.64. The highest BCUT2D eigenvalue weighted by Gasteiger charge is 2.54. The van der Waals surface area contributed by atoms with Gasteiger partial charge in [-0.25, -0.2) is 0 Å². The van der Waals surface area contributed by atoms with Crippen molar-refractivity contribution in [3.8, 4) is 0 Å². The smallest absolute Gasteiger partial charge is 0.220 e. The van der Waals surface area contributed by atoms with E-state index < -0.39 is 0 Å². The zero-order valence-electron chi connectivity index (χ0n) is 14.6. The van der Waals surface area contributed by atoms with E-state index in [1.807, 2.05) is 0 Å². The fraction of sp³-hybridized carbons (Fsp3) is 0.722. The van der Waals surface area contributed by atoms with Gasteiger partial charge < -0.3 is 15.4 Å². The minimum atomic E-state index is -0.105. The first-order valence-electron chi connectivity index (χ1n) is 9.36. The predicted octanol–water partition coefficient (Wildman–Crippen LogP) is 0.629. The summed E-state index contributed by atoms with van der Waals surface area (Å²) in [6, 6.07) is -0.121. The number of carbonyl (C=O) groups is 2. The Balaban J connectivity index is 1.32. The van der Waals surface area contributed by atoms with Crippen molar-refractivity contribution in [3.05, 3.63) is 17.0 Å². The Bertz CT molecular complexity index is 671. The van der Waals surface area contributed by atoms with Crippen molar-refractivity contribution in [2.75, 3.05) is 6.61 Å². The van der Waals surface area contributed by atoms with Crippen LogP contribution in [0.1, 0.15) is 49.6 Å². The van der Waals surface area contributed by atoms with E-state index in [9.17, 15) is 9.59 Å². The standard InChI is InChI=1S/C18H26N4O3/c1-10(23)19-17-16(12-8-9-25-18(12)17)20-15(24)7-6-14-11-4-2-3-5-13(11)21-22-14/h12,16-18H,2-9H2,1H3,(H,19,23)(H,20,24)(H,21,22)/t12-,16+,17-,18-/m1/s1. The van der Waals surface area contributed by atoms with Crippen molar-refractivity contribution in [2.45, 2.75) is 70.1 Å². The lowest BCUT2D eigenvalue weighted by atomic mass is 9.71. The van der Waals surface area contributed by atoms with Gasteiger partial charge in [-0.1, -0.05) is 0 Å². The molecule has 0 spiro atoms. The molecule has 0 aromatic carbocycles. The normalized spacial score (nSPS) is 30.1. The Morgan fingerprint density at radius 3 is 2.92 bits per heavy atom. The molecule has 25 heavy (non-hydrogen) atoms. The van der Waals surface area contributed by atoms with Crippen molar-refractivity contribution >= 4 is 11.8 Å². The molecule has 4 atom stereocenters. The van der Waals surface area contributed by atoms with Gasteiger partial charge in [-0.15, -0.1) is 0 Å². The minimum Gasteiger partial charge on any atom is -0.376 e. The zero-order chi connectivity index (χ0) is 17.4. The summed E-state index contributed by atoms with van der Waals surface area (Å²) in [6.45, 7) is 2.21. The average molecular weight is 346 g/mol. The average Bonchev–Trinajstić information content (AvgIpc) is 3.20. The maximum absolute atomic E-state index is 12.4. The lowest BCUT2D eigenvalue weighted by molar-refractivity contribution is -0.130. The van der Waals surface area contributed by atoms with Gasteiger partial charge in [0.15, 0.2) is 0 Å². The number of hydrogen-bond donors (Lipinski definition) is 3. The molecule has 3 N–H and O–H groups in total. The second kappa shape index (κ2) is 6.78. The number of nitrogens with one attached hydrogen (secondary N) is 3. The van der Waals surface area contributed by atoms with Crippen LogP contribution in [0.15, 0.2) is 0 Å². The third-order valence-corrected chi connectivity index (χ3v) is 5.81. The summed E-state index contributed by atoms with van der Waals surface area (Å²) < 4.78 is 5.68. The van der Waals surface area contributed by atoms with E-state index in [0.717, 1.165) is 25.0 Å². The fourth-order valence-corrected chi connectivity index (χ4v) is 4.56. The van der Waals surface area contributed by atoms with Gasteiger partial charge in [0.1, 0.15) is 0 Å². The van der Waals surface area contributed by atoms with Crippen LogP contribution in [0.4, 0.5) is 0 Å². The summed E-state index contributed by atoms with van der Waals surface area (Å²) in [5.74, 6) is 0.263. The highest BCUT2D eigenvalue weighted by molar-refractivity contribution is 5.77. The van der Waals surface area contributed by atoms with Crippen LogP contribution in [0.5, 0.6) is 0 Å². The number of aromatic amines is 1. The number of H-pyrrole nitrogens is 1. The van der Waals surface area contributed by atoms with E-state index in [1.54, 1.807) is 0 Å². The Morgan fingerprint density at radius 2 is 2.08 bits per heavy atom. The van der Waals surface area contributed by atoms with Crippen LogP contribution < -0.4 is 10.6 Å². The van der Waals surface area contributed by atoms with Crippen molar-refractivity contribution in [3.63, 3.8) is 0 Å². The van der Waals surface area contributed by atoms with Gasteiger partial charge in [0.25, 0.3) is 0 Å². The first-order chi connectivity index (χ1) is 12.1. The molecule has 2 aliphatic carbocycles. The topological polar surface area (TPSA) is 96.1 Å². The largest absolute Gasteiger partial charge is 0.376 e. The number of fused-ring (bicyclic) bond motifs is 2. The van der Waals surface area contributed by atoms with Crippen molar-refractivity contribution in [1.82, 2.24) is 20.8 Å². The molecule has 3 aliphatic rings. The van der Waals surface area contributed by atoms with E-state index in [4.69, 9.17) is 4.74 Å². The Kier molecular flexibility index (Phi) is 4.50. The van der Waals surface area contributed by atoms with Crippen LogP contribution in [0, 0.1) is 5.92 Å². The number of rotatable bonds is 5. The molecule has 4 rings (SSSR count). The first kappa shape index (κ1) is 16.6. The highest BCUT2D eigenvalue weighted by atomic mass is 16.5. The molecule has 1 aromatic heterocycles. The molecule has 0 bridgehead atoms. The minimum absolute atomic E-state index is 0.0167. The fourth-order valence-electron chi connectivity index (χ4n) is 4.56. The lowest BCUT2D eigenvalue weighted by Gasteiger charge is -2.47. The molecular formula is C18H26N4O3. The van der Waals surface area contributed by atoms with Crippen LogP contribution in [0.3, 0.4) is 0 Å². The first-order valence-corrected chi connectivity index (χ1v) is 9.36. The summed E-state index contributed by atoms with van der Waals surface area (Å²) >= 11 is 0. The highest BCUT2D eigenvalue weighted by Crippen LogP contribution is 2.39. The third-order valence-electron chi connectivity index (χ3n) is 5.81. The van der Waals surface area contributed by atoms with E-state index in [1.165, 1.54) is 31.0 Å². The molecule has 2 amide bonds. The number of ether oxygens (including phenoxy) is 1. The molecule has 1 aromatic rings. The number of carbonyl (C=O) groups excluding carboxylic acids is 2. The van der Waals surface area contributed by atoms with E-state index >= 15 is 0 Å². The molecule has 0 radical (unpaired) electrons. The Labute approximate surface area is 147 Å². The summed E-state index contributed by atoms with van der Waals surface area (Å²) in [4.78, 5) is 23.8. The quantitative estimate of drug-likeness (QED) is 0.729. The molecule has 0 unspecified atom stereocenters. The molecule has 7 nitrogen and oxygen atoms in total. The monoisotopic (exact) mass is 346 g/mol. The summed E-state index contributed by atoms with van der Waals surface area (Å²) in [5.41, 5.74) is 3.61. The van der Waals surface area contributed by atoms with Crippen LogP contribution in [-0.4, -0.2) is 46.8 Å². The molecule has 1 saturated carbocycles. The number of aryl methyl sites for hydroxylation is 2. The van der Waals surface area contributed by atoms with Crippen LogP contribution in [0.2, 0.25) is 0 Å².